The number of benzene rings is 1. The predicted molar refractivity (Wildman–Crippen MR) is 65.7 cm³/mol. The van der Waals surface area contributed by atoms with Crippen LogP contribution in [-0.4, -0.2) is 6.61 Å². The van der Waals surface area contributed by atoms with Gasteiger partial charge in [0.2, 0.25) is 5.52 Å². The lowest BCUT2D eigenvalue weighted by molar-refractivity contribution is -0.673. The number of hydrogen-bond acceptors (Lipinski definition) is 1. The molecule has 0 aliphatic rings. The molecule has 1 aromatic heterocycles. The summed E-state index contributed by atoms with van der Waals surface area (Å²) in [5, 5.41) is 1.23. The van der Waals surface area contributed by atoms with E-state index < -0.39 is 0 Å². The Morgan fingerprint density at radius 2 is 1.94 bits per heavy atom. The fraction of sp³-hybridized carbons (Fsp3) is 0.357. The van der Waals surface area contributed by atoms with Gasteiger partial charge >= 0.3 is 0 Å². The van der Waals surface area contributed by atoms with Crippen LogP contribution in [0.1, 0.15) is 19.5 Å². The molecule has 84 valence electrons. The average molecular weight is 216 g/mol. The largest absolute Gasteiger partial charge is 0.494 e. The lowest BCUT2D eigenvalue weighted by atomic mass is 10.2. The van der Waals surface area contributed by atoms with E-state index in [1.807, 2.05) is 13.0 Å². The van der Waals surface area contributed by atoms with Crippen LogP contribution in [0.5, 0.6) is 5.75 Å². The summed E-state index contributed by atoms with van der Waals surface area (Å²) in [7, 11) is 0. The summed E-state index contributed by atoms with van der Waals surface area (Å²) in [5.74, 6) is 0.946. The minimum atomic E-state index is 0.713. The van der Waals surface area contributed by atoms with Crippen LogP contribution in [0.4, 0.5) is 0 Å². The highest BCUT2D eigenvalue weighted by molar-refractivity contribution is 5.77. The van der Waals surface area contributed by atoms with Gasteiger partial charge in [-0.15, -0.1) is 0 Å². The van der Waals surface area contributed by atoms with Gasteiger partial charge in [0.25, 0.3) is 0 Å². The van der Waals surface area contributed by atoms with Gasteiger partial charge in [-0.3, -0.25) is 0 Å². The Morgan fingerprint density at radius 1 is 1.12 bits per heavy atom. The SMILES string of the molecule is CCOc1ccc2c(ccc(C)[n+]2CC)c1. The smallest absolute Gasteiger partial charge is 0.212 e. The predicted octanol–water partition coefficient (Wildman–Crippen LogP) is 2.85. The van der Waals surface area contributed by atoms with E-state index in [2.05, 4.69) is 42.7 Å². The number of nitrogens with zero attached hydrogens (tertiary/aromatic N) is 1. The van der Waals surface area contributed by atoms with Crippen LogP contribution in [0, 0.1) is 6.92 Å². The molecular weight excluding hydrogens is 198 g/mol. The van der Waals surface area contributed by atoms with Gasteiger partial charge in [-0.2, -0.15) is 4.57 Å². The third-order valence-corrected chi connectivity index (χ3v) is 2.85. The van der Waals surface area contributed by atoms with Gasteiger partial charge in [0.1, 0.15) is 12.3 Å². The molecule has 2 nitrogen and oxygen atoms in total. The molecule has 0 aliphatic carbocycles. The van der Waals surface area contributed by atoms with E-state index in [0.717, 1.165) is 12.3 Å². The van der Waals surface area contributed by atoms with Crippen molar-refractivity contribution in [2.24, 2.45) is 0 Å². The highest BCUT2D eigenvalue weighted by Gasteiger charge is 2.10. The van der Waals surface area contributed by atoms with Crippen molar-refractivity contribution < 1.29 is 9.30 Å². The first-order valence-corrected chi connectivity index (χ1v) is 5.82. The molecule has 1 heterocycles. The van der Waals surface area contributed by atoms with Crippen LogP contribution in [-0.2, 0) is 6.54 Å². The molecule has 0 amide bonds. The van der Waals surface area contributed by atoms with Crippen LogP contribution >= 0.6 is 0 Å². The van der Waals surface area contributed by atoms with Crippen LogP contribution in [0.25, 0.3) is 10.9 Å². The van der Waals surface area contributed by atoms with E-state index >= 15 is 0 Å². The molecule has 0 radical (unpaired) electrons. The third kappa shape index (κ3) is 1.87. The number of rotatable bonds is 3. The molecule has 0 fully saturated rings. The monoisotopic (exact) mass is 216 g/mol. The summed E-state index contributed by atoms with van der Waals surface area (Å²) in [6.07, 6.45) is 0. The Labute approximate surface area is 96.5 Å². The zero-order valence-electron chi connectivity index (χ0n) is 10.2. The fourth-order valence-electron chi connectivity index (χ4n) is 2.08. The number of hydrogen-bond donors (Lipinski definition) is 0. The van der Waals surface area contributed by atoms with Crippen molar-refractivity contribution in [3.05, 3.63) is 36.0 Å². The molecule has 1 aromatic carbocycles. The summed E-state index contributed by atoms with van der Waals surface area (Å²) in [6.45, 7) is 8.02. The number of fused-ring (bicyclic) bond motifs is 1. The molecule has 16 heavy (non-hydrogen) atoms. The average Bonchev–Trinajstić information content (AvgIpc) is 2.30. The van der Waals surface area contributed by atoms with Gasteiger partial charge in [-0.1, -0.05) is 0 Å². The molecule has 0 spiro atoms. The Bertz CT molecular complexity index is 505. The molecule has 0 bridgehead atoms. The summed E-state index contributed by atoms with van der Waals surface area (Å²) in [4.78, 5) is 0. The molecule has 2 aromatic rings. The second kappa shape index (κ2) is 4.52. The quantitative estimate of drug-likeness (QED) is 0.719. The minimum absolute atomic E-state index is 0.713. The first kappa shape index (κ1) is 10.9. The zero-order valence-corrected chi connectivity index (χ0v) is 10.2. The highest BCUT2D eigenvalue weighted by Crippen LogP contribution is 2.18. The van der Waals surface area contributed by atoms with Gasteiger partial charge in [-0.05, 0) is 32.0 Å². The second-order valence-electron chi connectivity index (χ2n) is 3.87. The topological polar surface area (TPSA) is 13.1 Å². The van der Waals surface area contributed by atoms with Crippen LogP contribution in [0.2, 0.25) is 0 Å². The summed E-state index contributed by atoms with van der Waals surface area (Å²) in [5.41, 5.74) is 2.56. The highest BCUT2D eigenvalue weighted by atomic mass is 16.5. The molecule has 2 rings (SSSR count). The first-order valence-electron chi connectivity index (χ1n) is 5.82. The number of ether oxygens (including phenoxy) is 1. The van der Waals surface area contributed by atoms with E-state index in [9.17, 15) is 0 Å². The lowest BCUT2D eigenvalue weighted by Gasteiger charge is -2.05. The van der Waals surface area contributed by atoms with Gasteiger partial charge in [0, 0.05) is 19.1 Å². The van der Waals surface area contributed by atoms with Crippen molar-refractivity contribution >= 4 is 10.9 Å². The molecule has 0 unspecified atom stereocenters. The van der Waals surface area contributed by atoms with E-state index in [1.54, 1.807) is 0 Å². The number of aryl methyl sites for hydroxylation is 2. The Balaban J connectivity index is 2.59. The molecule has 0 N–H and O–H groups in total. The molecule has 0 atom stereocenters. The van der Waals surface area contributed by atoms with Crippen molar-refractivity contribution in [2.45, 2.75) is 27.3 Å². The van der Waals surface area contributed by atoms with Crippen molar-refractivity contribution in [3.8, 4) is 5.75 Å². The fourth-order valence-corrected chi connectivity index (χ4v) is 2.08. The van der Waals surface area contributed by atoms with Crippen LogP contribution in [0.3, 0.4) is 0 Å². The third-order valence-electron chi connectivity index (χ3n) is 2.85. The second-order valence-corrected chi connectivity index (χ2v) is 3.87. The van der Waals surface area contributed by atoms with Crippen molar-refractivity contribution in [1.29, 1.82) is 0 Å². The van der Waals surface area contributed by atoms with E-state index in [1.165, 1.54) is 16.6 Å². The summed E-state index contributed by atoms with van der Waals surface area (Å²) < 4.78 is 7.82. The molecular formula is C14H18NO+. The van der Waals surface area contributed by atoms with Gasteiger partial charge in [-0.25, -0.2) is 0 Å². The minimum Gasteiger partial charge on any atom is -0.494 e. The number of pyridine rings is 1. The standard InChI is InChI=1S/C14H18NO/c1-4-15-11(3)6-7-12-10-13(16-5-2)8-9-14(12)15/h6-10H,4-5H2,1-3H3/q+1. The van der Waals surface area contributed by atoms with E-state index in [-0.39, 0.29) is 0 Å². The van der Waals surface area contributed by atoms with Crippen molar-refractivity contribution in [2.75, 3.05) is 6.61 Å². The van der Waals surface area contributed by atoms with Crippen molar-refractivity contribution in [1.82, 2.24) is 0 Å². The van der Waals surface area contributed by atoms with Crippen molar-refractivity contribution in [3.63, 3.8) is 0 Å². The maximum absolute atomic E-state index is 5.51. The zero-order chi connectivity index (χ0) is 11.5. The van der Waals surface area contributed by atoms with E-state index in [4.69, 9.17) is 4.74 Å². The van der Waals surface area contributed by atoms with Gasteiger partial charge < -0.3 is 4.74 Å². The van der Waals surface area contributed by atoms with Crippen LogP contribution in [0.15, 0.2) is 30.3 Å². The Hall–Kier alpha value is -1.57. The van der Waals surface area contributed by atoms with Gasteiger partial charge in [0.15, 0.2) is 5.69 Å². The van der Waals surface area contributed by atoms with Gasteiger partial charge in [0.05, 0.1) is 12.0 Å². The van der Waals surface area contributed by atoms with E-state index in [0.29, 0.717) is 6.61 Å². The normalized spacial score (nSPS) is 10.7. The lowest BCUT2D eigenvalue weighted by Crippen LogP contribution is -2.36. The molecule has 0 saturated heterocycles. The number of aromatic nitrogens is 1. The summed E-state index contributed by atoms with van der Waals surface area (Å²) >= 11 is 0. The first-order chi connectivity index (χ1) is 7.76. The maximum atomic E-state index is 5.51. The Morgan fingerprint density at radius 3 is 2.62 bits per heavy atom. The molecule has 2 heteroatoms. The Kier molecular flexibility index (Phi) is 3.09. The molecule has 0 saturated carbocycles. The maximum Gasteiger partial charge on any atom is 0.212 e. The summed E-state index contributed by atoms with van der Waals surface area (Å²) in [6, 6.07) is 10.6. The molecule has 0 aliphatic heterocycles. The van der Waals surface area contributed by atoms with Crippen LogP contribution < -0.4 is 9.30 Å².